The molecule has 1 aromatic heterocycles. The van der Waals surface area contributed by atoms with Gasteiger partial charge in [-0.1, -0.05) is 13.8 Å². The first kappa shape index (κ1) is 20.8. The average Bonchev–Trinajstić information content (AvgIpc) is 3.44. The predicted octanol–water partition coefficient (Wildman–Crippen LogP) is 2.55. The largest absolute Gasteiger partial charge is 0.356 e. The molecule has 0 spiro atoms. The molecule has 7 nitrogen and oxygen atoms in total. The van der Waals surface area contributed by atoms with Gasteiger partial charge in [-0.05, 0) is 43.9 Å². The maximum absolute atomic E-state index is 12.8. The van der Waals surface area contributed by atoms with Gasteiger partial charge in [0.2, 0.25) is 15.9 Å². The molecule has 2 aromatic rings. The van der Waals surface area contributed by atoms with Crippen molar-refractivity contribution in [1.82, 2.24) is 19.2 Å². The topological polar surface area (TPSA) is 84.3 Å². The minimum absolute atomic E-state index is 0.0476. The fourth-order valence-electron chi connectivity index (χ4n) is 3.47. The first-order valence-electron chi connectivity index (χ1n) is 10.2. The maximum atomic E-state index is 12.8. The van der Waals surface area contributed by atoms with Crippen LogP contribution in [0.3, 0.4) is 0 Å². The second-order valence-corrected chi connectivity index (χ2v) is 9.20. The number of nitrogens with one attached hydrogen (secondary N) is 1. The van der Waals surface area contributed by atoms with Crippen LogP contribution in [-0.2, 0) is 27.8 Å². The van der Waals surface area contributed by atoms with Crippen molar-refractivity contribution in [2.75, 3.05) is 19.6 Å². The van der Waals surface area contributed by atoms with E-state index in [0.717, 1.165) is 24.4 Å². The lowest BCUT2D eigenvalue weighted by Gasteiger charge is -2.18. The number of aromatic nitrogens is 2. The first-order valence-corrected chi connectivity index (χ1v) is 11.6. The van der Waals surface area contributed by atoms with Gasteiger partial charge in [-0.2, -0.15) is 4.31 Å². The molecule has 1 amide bonds. The average molecular weight is 407 g/mol. The number of hydrogen-bond acceptors (Lipinski definition) is 4. The van der Waals surface area contributed by atoms with Crippen LogP contribution in [0.5, 0.6) is 0 Å². The number of benzene rings is 1. The summed E-state index contributed by atoms with van der Waals surface area (Å²) < 4.78 is 29.1. The Bertz CT molecular complexity index is 944. The zero-order valence-corrected chi connectivity index (χ0v) is 17.8. The fourth-order valence-corrected chi connectivity index (χ4v) is 4.95. The predicted molar refractivity (Wildman–Crippen MR) is 110 cm³/mol. The molecule has 1 aromatic carbocycles. The van der Waals surface area contributed by atoms with E-state index in [1.165, 1.54) is 17.1 Å². The summed E-state index contributed by atoms with van der Waals surface area (Å²) in [4.78, 5) is 17.0. The summed E-state index contributed by atoms with van der Waals surface area (Å²) in [6.07, 6.45) is 3.35. The Morgan fingerprint density at radius 3 is 2.57 bits per heavy atom. The van der Waals surface area contributed by atoms with E-state index < -0.39 is 10.0 Å². The third-order valence-corrected chi connectivity index (χ3v) is 7.36. The third-order valence-electron chi connectivity index (χ3n) is 5.32. The maximum Gasteiger partial charge on any atom is 0.243 e. The highest BCUT2D eigenvalue weighted by Gasteiger charge is 2.23. The van der Waals surface area contributed by atoms with Gasteiger partial charge in [0.1, 0.15) is 5.82 Å². The van der Waals surface area contributed by atoms with Crippen LogP contribution in [0.25, 0.3) is 11.0 Å². The lowest BCUT2D eigenvalue weighted by molar-refractivity contribution is -0.121. The van der Waals surface area contributed by atoms with Crippen LogP contribution in [0.2, 0.25) is 0 Å². The number of rotatable bonds is 10. The van der Waals surface area contributed by atoms with Crippen LogP contribution in [0, 0.1) is 5.92 Å². The zero-order valence-electron chi connectivity index (χ0n) is 16.9. The molecule has 1 aliphatic rings. The first-order chi connectivity index (χ1) is 13.4. The summed E-state index contributed by atoms with van der Waals surface area (Å²) in [7, 11) is -3.52. The van der Waals surface area contributed by atoms with E-state index in [1.807, 2.05) is 26.8 Å². The molecule has 28 heavy (non-hydrogen) atoms. The number of nitrogens with zero attached hydrogens (tertiary/aromatic N) is 3. The van der Waals surface area contributed by atoms with Gasteiger partial charge in [0.05, 0.1) is 15.9 Å². The van der Waals surface area contributed by atoms with Crippen LogP contribution in [0.15, 0.2) is 23.1 Å². The molecule has 3 rings (SSSR count). The van der Waals surface area contributed by atoms with Crippen molar-refractivity contribution in [3.63, 3.8) is 0 Å². The molecule has 0 bridgehead atoms. The van der Waals surface area contributed by atoms with Crippen molar-refractivity contribution in [2.24, 2.45) is 5.92 Å². The molecule has 0 saturated heterocycles. The van der Waals surface area contributed by atoms with E-state index in [1.54, 1.807) is 12.1 Å². The smallest absolute Gasteiger partial charge is 0.243 e. The van der Waals surface area contributed by atoms with Crippen molar-refractivity contribution in [3.05, 3.63) is 24.0 Å². The van der Waals surface area contributed by atoms with E-state index in [0.29, 0.717) is 37.4 Å². The van der Waals surface area contributed by atoms with Crippen molar-refractivity contribution >= 4 is 27.0 Å². The van der Waals surface area contributed by atoms with Gasteiger partial charge in [-0.25, -0.2) is 13.4 Å². The van der Waals surface area contributed by atoms with Crippen LogP contribution in [0.4, 0.5) is 0 Å². The fraction of sp³-hybridized carbons (Fsp3) is 0.600. The Morgan fingerprint density at radius 1 is 1.25 bits per heavy atom. The lowest BCUT2D eigenvalue weighted by atomic mass is 10.2. The molecule has 0 aliphatic heterocycles. The summed E-state index contributed by atoms with van der Waals surface area (Å²) >= 11 is 0. The number of hydrogen-bond donors (Lipinski definition) is 1. The second kappa shape index (κ2) is 8.61. The van der Waals surface area contributed by atoms with Gasteiger partial charge >= 0.3 is 0 Å². The summed E-state index contributed by atoms with van der Waals surface area (Å²) in [6.45, 7) is 8.05. The quantitative estimate of drug-likeness (QED) is 0.657. The van der Waals surface area contributed by atoms with Gasteiger partial charge in [0, 0.05) is 39.0 Å². The highest BCUT2D eigenvalue weighted by Crippen LogP contribution is 2.27. The standard InChI is InChI=1S/C20H30N4O3S/c1-4-23(5-2)28(26,27)16-9-10-18-17(13-16)22-19(24(18)6-3)11-12-20(25)21-14-15-7-8-15/h9-10,13,15H,4-8,11-12,14H2,1-3H3,(H,21,25). The number of carbonyl (C=O) groups excluding carboxylic acids is 1. The summed E-state index contributed by atoms with van der Waals surface area (Å²) in [5, 5.41) is 2.98. The summed E-state index contributed by atoms with van der Waals surface area (Å²) in [5.41, 5.74) is 1.55. The zero-order chi connectivity index (χ0) is 20.3. The number of imidazole rings is 1. The molecule has 8 heteroatoms. The van der Waals surface area contributed by atoms with Crippen LogP contribution < -0.4 is 5.32 Å². The number of amides is 1. The van der Waals surface area contributed by atoms with Crippen molar-refractivity contribution in [2.45, 2.75) is 57.9 Å². The van der Waals surface area contributed by atoms with E-state index >= 15 is 0 Å². The SMILES string of the molecule is CCN(CC)S(=O)(=O)c1ccc2c(c1)nc(CCC(=O)NCC1CC1)n2CC. The van der Waals surface area contributed by atoms with Crippen LogP contribution >= 0.6 is 0 Å². The molecular weight excluding hydrogens is 376 g/mol. The molecule has 0 atom stereocenters. The third kappa shape index (κ3) is 4.38. The molecule has 1 saturated carbocycles. The van der Waals surface area contributed by atoms with E-state index in [4.69, 9.17) is 0 Å². The Kier molecular flexibility index (Phi) is 6.40. The van der Waals surface area contributed by atoms with Gasteiger partial charge in [-0.3, -0.25) is 4.79 Å². The highest BCUT2D eigenvalue weighted by atomic mass is 32.2. The molecule has 1 N–H and O–H groups in total. The minimum atomic E-state index is -3.52. The van der Waals surface area contributed by atoms with Crippen molar-refractivity contribution in [1.29, 1.82) is 0 Å². The number of aryl methyl sites for hydroxylation is 2. The molecule has 1 fully saturated rings. The summed E-state index contributed by atoms with van der Waals surface area (Å²) in [5.74, 6) is 1.53. The van der Waals surface area contributed by atoms with Crippen molar-refractivity contribution < 1.29 is 13.2 Å². The number of sulfonamides is 1. The van der Waals surface area contributed by atoms with E-state index in [-0.39, 0.29) is 10.8 Å². The van der Waals surface area contributed by atoms with Crippen LogP contribution in [0.1, 0.15) is 45.9 Å². The van der Waals surface area contributed by atoms with Crippen LogP contribution in [-0.4, -0.2) is 47.8 Å². The van der Waals surface area contributed by atoms with Gasteiger partial charge in [0.15, 0.2) is 0 Å². The molecular formula is C20H30N4O3S. The lowest BCUT2D eigenvalue weighted by Crippen LogP contribution is -2.30. The minimum Gasteiger partial charge on any atom is -0.356 e. The van der Waals surface area contributed by atoms with Gasteiger partial charge < -0.3 is 9.88 Å². The second-order valence-electron chi connectivity index (χ2n) is 7.26. The normalized spacial score (nSPS) is 14.7. The monoisotopic (exact) mass is 406 g/mol. The Balaban J connectivity index is 1.81. The van der Waals surface area contributed by atoms with Gasteiger partial charge in [-0.15, -0.1) is 0 Å². The van der Waals surface area contributed by atoms with Crippen molar-refractivity contribution in [3.8, 4) is 0 Å². The Labute approximate surface area is 167 Å². The molecule has 0 unspecified atom stereocenters. The molecule has 1 heterocycles. The van der Waals surface area contributed by atoms with E-state index in [2.05, 4.69) is 14.9 Å². The van der Waals surface area contributed by atoms with Gasteiger partial charge in [0.25, 0.3) is 0 Å². The Hall–Kier alpha value is -1.93. The molecule has 1 aliphatic carbocycles. The summed E-state index contributed by atoms with van der Waals surface area (Å²) in [6, 6.07) is 5.11. The Morgan fingerprint density at radius 2 is 1.96 bits per heavy atom. The highest BCUT2D eigenvalue weighted by molar-refractivity contribution is 7.89. The molecule has 0 radical (unpaired) electrons. The van der Waals surface area contributed by atoms with E-state index in [9.17, 15) is 13.2 Å². The molecule has 154 valence electrons. The number of carbonyl (C=O) groups is 1. The number of fused-ring (bicyclic) bond motifs is 1.